The average Bonchev–Trinajstić information content (AvgIpc) is 3.32. The minimum absolute atomic E-state index is 0.143. The molecule has 0 saturated heterocycles. The fraction of sp³-hybridized carbons (Fsp3) is 0.320. The highest BCUT2D eigenvalue weighted by atomic mass is 15.4. The van der Waals surface area contributed by atoms with Crippen LogP contribution in [0, 0.1) is 10.8 Å². The first kappa shape index (κ1) is 21.3. The molecule has 4 aromatic rings. The van der Waals surface area contributed by atoms with E-state index in [2.05, 4.69) is 31.9 Å². The number of rotatable bonds is 4. The maximum atomic E-state index is 8.86. The summed E-state index contributed by atoms with van der Waals surface area (Å²) in [5.41, 5.74) is 2.44. The summed E-state index contributed by atoms with van der Waals surface area (Å²) < 4.78 is 1.66. The summed E-state index contributed by atoms with van der Waals surface area (Å²) in [6.45, 7) is 3.78. The van der Waals surface area contributed by atoms with Gasteiger partial charge in [0.25, 0.3) is 5.95 Å². The Labute approximate surface area is 202 Å². The molecule has 1 atom stereocenters. The van der Waals surface area contributed by atoms with Crippen LogP contribution in [0.2, 0.25) is 0 Å². The summed E-state index contributed by atoms with van der Waals surface area (Å²) in [5.74, 6) is 2.47. The predicted molar refractivity (Wildman–Crippen MR) is 135 cm³/mol. The van der Waals surface area contributed by atoms with E-state index in [0.717, 1.165) is 41.5 Å². The molecule has 35 heavy (non-hydrogen) atoms. The lowest BCUT2D eigenvalue weighted by atomic mass is 9.88. The number of anilines is 2. The number of hydrogen-bond acceptors (Lipinski definition) is 8. The Morgan fingerprint density at radius 3 is 2.71 bits per heavy atom. The van der Waals surface area contributed by atoms with Gasteiger partial charge in [-0.2, -0.15) is 14.8 Å². The molecule has 0 radical (unpaired) electrons. The molecule has 2 aliphatic rings. The van der Waals surface area contributed by atoms with E-state index in [4.69, 9.17) is 15.8 Å². The van der Waals surface area contributed by atoms with Crippen molar-refractivity contribution in [3.8, 4) is 17.3 Å². The normalized spacial score (nSPS) is 18.0. The van der Waals surface area contributed by atoms with Gasteiger partial charge in [0.05, 0.1) is 17.8 Å². The molecule has 1 aromatic carbocycles. The molecule has 1 aliphatic carbocycles. The van der Waals surface area contributed by atoms with Gasteiger partial charge in [-0.05, 0) is 44.7 Å². The summed E-state index contributed by atoms with van der Waals surface area (Å²) in [6.07, 6.45) is 9.07. The summed E-state index contributed by atoms with van der Waals surface area (Å²) in [6, 6.07) is 10.0. The van der Waals surface area contributed by atoms with Crippen molar-refractivity contribution in [1.29, 1.82) is 10.8 Å². The molecular formula is C25H26N10. The minimum Gasteiger partial charge on any atom is -0.342 e. The van der Waals surface area contributed by atoms with Crippen LogP contribution >= 0.6 is 0 Å². The maximum Gasteiger partial charge on any atom is 0.254 e. The average molecular weight is 467 g/mol. The number of pyridine rings is 1. The van der Waals surface area contributed by atoms with Crippen LogP contribution in [0.4, 0.5) is 11.5 Å². The molecule has 1 fully saturated rings. The molecule has 0 amide bonds. The van der Waals surface area contributed by atoms with Crippen LogP contribution in [0.25, 0.3) is 28.2 Å². The SMILES string of the molecule is CC[C@@H]1C(=N)N(C(C)=N)c2cnc(-n3ncnc3-c3cccc4ncccc34)nc2N1C1CCC1. The van der Waals surface area contributed by atoms with Gasteiger partial charge >= 0.3 is 0 Å². The lowest BCUT2D eigenvalue weighted by molar-refractivity contribution is 0.369. The second kappa shape index (κ2) is 8.23. The highest BCUT2D eigenvalue weighted by molar-refractivity contribution is 6.21. The van der Waals surface area contributed by atoms with E-state index in [1.165, 1.54) is 12.7 Å². The molecule has 0 spiro atoms. The van der Waals surface area contributed by atoms with Gasteiger partial charge in [-0.25, -0.2) is 9.97 Å². The fourth-order valence-electron chi connectivity index (χ4n) is 5.08. The monoisotopic (exact) mass is 466 g/mol. The Morgan fingerprint density at radius 1 is 1.11 bits per heavy atom. The third-order valence-electron chi connectivity index (χ3n) is 6.93. The van der Waals surface area contributed by atoms with Crippen LogP contribution in [0.3, 0.4) is 0 Å². The molecule has 4 heterocycles. The number of amidine groups is 2. The predicted octanol–water partition coefficient (Wildman–Crippen LogP) is 4.20. The number of nitrogens with zero attached hydrogens (tertiary/aromatic N) is 8. The van der Waals surface area contributed by atoms with Crippen LogP contribution < -0.4 is 9.80 Å². The van der Waals surface area contributed by atoms with Crippen molar-refractivity contribution < 1.29 is 0 Å². The second-order valence-electron chi connectivity index (χ2n) is 8.97. The lowest BCUT2D eigenvalue weighted by Gasteiger charge is -2.49. The maximum absolute atomic E-state index is 8.86. The molecule has 0 unspecified atom stereocenters. The molecule has 2 N–H and O–H groups in total. The number of aromatic nitrogens is 6. The number of fused-ring (bicyclic) bond motifs is 2. The Balaban J connectivity index is 1.52. The standard InChI is InChI=1S/C25H26N10/c1-3-20-22(27)33(15(2)26)21-13-29-25(32-24(21)34(20)16-7-4-8-16)35-23(30-14-31-35)18-9-5-11-19-17(18)10-6-12-28-19/h5-6,9-14,16,20,26-27H,3-4,7-8H2,1-2H3/t20-/m1/s1. The molecule has 1 saturated carbocycles. The first-order valence-corrected chi connectivity index (χ1v) is 11.9. The largest absolute Gasteiger partial charge is 0.342 e. The van der Waals surface area contributed by atoms with Crippen LogP contribution in [0.5, 0.6) is 0 Å². The van der Waals surface area contributed by atoms with Crippen molar-refractivity contribution in [2.45, 2.75) is 51.6 Å². The number of hydrogen-bond donors (Lipinski definition) is 2. The van der Waals surface area contributed by atoms with E-state index in [1.807, 2.05) is 30.3 Å². The van der Waals surface area contributed by atoms with Crippen molar-refractivity contribution >= 4 is 34.1 Å². The van der Waals surface area contributed by atoms with E-state index in [-0.39, 0.29) is 11.9 Å². The van der Waals surface area contributed by atoms with E-state index in [0.29, 0.717) is 29.3 Å². The molecule has 1 aliphatic heterocycles. The van der Waals surface area contributed by atoms with Gasteiger partial charge in [0.15, 0.2) is 11.6 Å². The topological polar surface area (TPSA) is 124 Å². The summed E-state index contributed by atoms with van der Waals surface area (Å²) in [4.78, 5) is 22.6. The van der Waals surface area contributed by atoms with Gasteiger partial charge < -0.3 is 4.90 Å². The number of benzene rings is 1. The smallest absolute Gasteiger partial charge is 0.254 e. The fourth-order valence-corrected chi connectivity index (χ4v) is 5.08. The van der Waals surface area contributed by atoms with E-state index in [9.17, 15) is 0 Å². The van der Waals surface area contributed by atoms with Crippen molar-refractivity contribution in [2.24, 2.45) is 0 Å². The molecule has 6 rings (SSSR count). The van der Waals surface area contributed by atoms with E-state index in [1.54, 1.807) is 28.9 Å². The molecule has 176 valence electrons. The molecule has 10 heteroatoms. The zero-order chi connectivity index (χ0) is 24.1. The van der Waals surface area contributed by atoms with Crippen molar-refractivity contribution in [3.63, 3.8) is 0 Å². The quantitative estimate of drug-likeness (QED) is 0.341. The highest BCUT2D eigenvalue weighted by Crippen LogP contribution is 2.41. The van der Waals surface area contributed by atoms with Crippen molar-refractivity contribution in [3.05, 3.63) is 49.1 Å². The summed E-state index contributed by atoms with van der Waals surface area (Å²) >= 11 is 0. The van der Waals surface area contributed by atoms with Crippen LogP contribution in [0.1, 0.15) is 39.5 Å². The molecular weight excluding hydrogens is 440 g/mol. The second-order valence-corrected chi connectivity index (χ2v) is 8.97. The van der Waals surface area contributed by atoms with Crippen molar-refractivity contribution in [2.75, 3.05) is 9.80 Å². The Hall–Kier alpha value is -4.21. The van der Waals surface area contributed by atoms with Crippen LogP contribution in [0.15, 0.2) is 49.1 Å². The van der Waals surface area contributed by atoms with Gasteiger partial charge in [-0.1, -0.05) is 25.1 Å². The van der Waals surface area contributed by atoms with Gasteiger partial charge in [0, 0.05) is 23.2 Å². The van der Waals surface area contributed by atoms with E-state index >= 15 is 0 Å². The first-order valence-electron chi connectivity index (χ1n) is 11.9. The zero-order valence-electron chi connectivity index (χ0n) is 19.7. The van der Waals surface area contributed by atoms with Crippen LogP contribution in [-0.2, 0) is 0 Å². The van der Waals surface area contributed by atoms with E-state index < -0.39 is 0 Å². The third-order valence-corrected chi connectivity index (χ3v) is 6.93. The van der Waals surface area contributed by atoms with Gasteiger partial charge in [0.1, 0.15) is 23.7 Å². The zero-order valence-corrected chi connectivity index (χ0v) is 19.7. The van der Waals surface area contributed by atoms with Gasteiger partial charge in [-0.15, -0.1) is 0 Å². The van der Waals surface area contributed by atoms with Gasteiger partial charge in [-0.3, -0.25) is 20.7 Å². The van der Waals surface area contributed by atoms with Crippen molar-refractivity contribution in [1.82, 2.24) is 29.7 Å². The number of nitrogens with one attached hydrogen (secondary N) is 2. The van der Waals surface area contributed by atoms with Gasteiger partial charge in [0.2, 0.25) is 0 Å². The Kier molecular flexibility index (Phi) is 5.01. The molecule has 3 aromatic heterocycles. The molecule has 0 bridgehead atoms. The lowest BCUT2D eigenvalue weighted by Crippen LogP contribution is -2.59. The minimum atomic E-state index is -0.143. The highest BCUT2D eigenvalue weighted by Gasteiger charge is 2.42. The Morgan fingerprint density at radius 2 is 1.97 bits per heavy atom. The first-order chi connectivity index (χ1) is 17.1. The third kappa shape index (κ3) is 3.28. The Bertz CT molecular complexity index is 1450. The van der Waals surface area contributed by atoms with Crippen LogP contribution in [-0.4, -0.2) is 53.5 Å². The summed E-state index contributed by atoms with van der Waals surface area (Å²) in [5, 5.41) is 22.6. The molecule has 10 nitrogen and oxygen atoms in total. The summed E-state index contributed by atoms with van der Waals surface area (Å²) in [7, 11) is 0.